The highest BCUT2D eigenvalue weighted by atomic mass is 32.1. The van der Waals surface area contributed by atoms with Crippen LogP contribution in [0.4, 0.5) is 10.8 Å². The summed E-state index contributed by atoms with van der Waals surface area (Å²) in [4.78, 5) is 10.1. The number of aromatic nitrogens is 4. The highest BCUT2D eigenvalue weighted by Gasteiger charge is 2.22. The van der Waals surface area contributed by atoms with Crippen molar-refractivity contribution in [1.29, 1.82) is 0 Å². The van der Waals surface area contributed by atoms with E-state index in [4.69, 9.17) is 9.47 Å². The maximum atomic E-state index is 5.82. The molecule has 28 heavy (non-hydrogen) atoms. The minimum absolute atomic E-state index is 0.404. The first-order valence-corrected chi connectivity index (χ1v) is 10.1. The standard InChI is InChI=1S/C20H19N5O2S/c1-2-4-14(5-3-1)27-17-7-6-15-19(24-17)28-20(22-15)23-16-12-21-25-18(16)13-8-10-26-11-9-13/h1-7,12-13H,8-11H2,(H,21,25)(H,22,23). The first-order chi connectivity index (χ1) is 13.8. The fourth-order valence-corrected chi connectivity index (χ4v) is 4.16. The molecule has 0 saturated carbocycles. The maximum Gasteiger partial charge on any atom is 0.220 e. The van der Waals surface area contributed by atoms with Gasteiger partial charge in [0, 0.05) is 31.4 Å². The van der Waals surface area contributed by atoms with Gasteiger partial charge in [0.1, 0.15) is 16.1 Å². The molecule has 0 unspecified atom stereocenters. The fraction of sp³-hybridized carbons (Fsp3) is 0.250. The molecule has 0 bridgehead atoms. The summed E-state index contributed by atoms with van der Waals surface area (Å²) in [6.45, 7) is 1.57. The zero-order valence-corrected chi connectivity index (χ0v) is 15.9. The highest BCUT2D eigenvalue weighted by Crippen LogP contribution is 2.34. The lowest BCUT2D eigenvalue weighted by Crippen LogP contribution is -2.15. The molecule has 0 amide bonds. The van der Waals surface area contributed by atoms with Gasteiger partial charge in [-0.05, 0) is 31.0 Å². The van der Waals surface area contributed by atoms with Crippen LogP contribution in [0.5, 0.6) is 11.6 Å². The van der Waals surface area contributed by atoms with Crippen LogP contribution in [0.15, 0.2) is 48.7 Å². The molecule has 5 rings (SSSR count). The number of thiazole rings is 1. The van der Waals surface area contributed by atoms with Gasteiger partial charge < -0.3 is 14.8 Å². The van der Waals surface area contributed by atoms with E-state index in [0.717, 1.165) is 58.7 Å². The SMILES string of the molecule is c1ccc(Oc2ccc3nc(Nc4c[nH]nc4C4CCOCC4)sc3n2)cc1. The predicted molar refractivity (Wildman–Crippen MR) is 109 cm³/mol. The van der Waals surface area contributed by atoms with Gasteiger partial charge in [0.2, 0.25) is 5.88 Å². The molecule has 8 heteroatoms. The minimum atomic E-state index is 0.404. The second-order valence-corrected chi connectivity index (χ2v) is 7.58. The molecule has 1 fully saturated rings. The van der Waals surface area contributed by atoms with Gasteiger partial charge in [-0.1, -0.05) is 29.5 Å². The Hall–Kier alpha value is -2.97. The smallest absolute Gasteiger partial charge is 0.220 e. The first kappa shape index (κ1) is 17.2. The van der Waals surface area contributed by atoms with Crippen molar-refractivity contribution in [3.8, 4) is 11.6 Å². The Balaban J connectivity index is 1.36. The minimum Gasteiger partial charge on any atom is -0.439 e. The van der Waals surface area contributed by atoms with Crippen LogP contribution in [0.2, 0.25) is 0 Å². The summed E-state index contributed by atoms with van der Waals surface area (Å²) in [6, 6.07) is 13.4. The third-order valence-corrected chi connectivity index (χ3v) is 5.60. The number of aromatic amines is 1. The fourth-order valence-electron chi connectivity index (χ4n) is 3.32. The molecule has 1 aliphatic rings. The van der Waals surface area contributed by atoms with Gasteiger partial charge in [-0.2, -0.15) is 5.10 Å². The van der Waals surface area contributed by atoms with E-state index in [0.29, 0.717) is 11.8 Å². The van der Waals surface area contributed by atoms with Crippen molar-refractivity contribution >= 4 is 32.5 Å². The van der Waals surface area contributed by atoms with E-state index in [1.807, 2.05) is 48.7 Å². The first-order valence-electron chi connectivity index (χ1n) is 9.24. The molecule has 142 valence electrons. The third-order valence-electron chi connectivity index (χ3n) is 4.72. The molecule has 0 spiro atoms. The molecule has 1 aromatic carbocycles. The van der Waals surface area contributed by atoms with Crippen LogP contribution in [-0.2, 0) is 4.74 Å². The normalized spacial score (nSPS) is 15.0. The summed E-state index contributed by atoms with van der Waals surface area (Å²) >= 11 is 1.50. The lowest BCUT2D eigenvalue weighted by Gasteiger charge is -2.21. The number of nitrogens with one attached hydrogen (secondary N) is 2. The van der Waals surface area contributed by atoms with Crippen LogP contribution in [-0.4, -0.2) is 33.4 Å². The van der Waals surface area contributed by atoms with Crippen LogP contribution in [0, 0.1) is 0 Å². The average molecular weight is 393 g/mol. The number of para-hydroxylation sites is 1. The molecule has 1 aliphatic heterocycles. The number of pyridine rings is 1. The second-order valence-electron chi connectivity index (χ2n) is 6.60. The summed E-state index contributed by atoms with van der Waals surface area (Å²) in [5.74, 6) is 1.72. The van der Waals surface area contributed by atoms with Crippen LogP contribution < -0.4 is 10.1 Å². The van der Waals surface area contributed by atoms with E-state index < -0.39 is 0 Å². The molecule has 4 heterocycles. The number of hydrogen-bond donors (Lipinski definition) is 2. The van der Waals surface area contributed by atoms with Crippen molar-refractivity contribution in [2.45, 2.75) is 18.8 Å². The third kappa shape index (κ3) is 3.56. The molecule has 7 nitrogen and oxygen atoms in total. The molecular weight excluding hydrogens is 374 g/mol. The van der Waals surface area contributed by atoms with Crippen LogP contribution in [0.25, 0.3) is 10.3 Å². The van der Waals surface area contributed by atoms with E-state index in [2.05, 4.69) is 25.5 Å². The van der Waals surface area contributed by atoms with E-state index in [-0.39, 0.29) is 0 Å². The average Bonchev–Trinajstić information content (AvgIpc) is 3.36. The zero-order chi connectivity index (χ0) is 18.8. The van der Waals surface area contributed by atoms with Gasteiger partial charge in [0.15, 0.2) is 5.13 Å². The Morgan fingerprint density at radius 3 is 2.79 bits per heavy atom. The van der Waals surface area contributed by atoms with Crippen molar-refractivity contribution < 1.29 is 9.47 Å². The monoisotopic (exact) mass is 393 g/mol. The van der Waals surface area contributed by atoms with Crippen molar-refractivity contribution in [1.82, 2.24) is 20.2 Å². The van der Waals surface area contributed by atoms with E-state index in [9.17, 15) is 0 Å². The lowest BCUT2D eigenvalue weighted by atomic mass is 9.96. The number of anilines is 2. The van der Waals surface area contributed by atoms with Crippen molar-refractivity contribution in [2.75, 3.05) is 18.5 Å². The summed E-state index contributed by atoms with van der Waals surface area (Å²) in [7, 11) is 0. The summed E-state index contributed by atoms with van der Waals surface area (Å²) in [5.41, 5.74) is 2.85. The number of ether oxygens (including phenoxy) is 2. The number of nitrogens with zero attached hydrogens (tertiary/aromatic N) is 3. The van der Waals surface area contributed by atoms with E-state index in [1.165, 1.54) is 11.3 Å². The van der Waals surface area contributed by atoms with E-state index >= 15 is 0 Å². The quantitative estimate of drug-likeness (QED) is 0.504. The van der Waals surface area contributed by atoms with Gasteiger partial charge in [0.05, 0.1) is 11.4 Å². The van der Waals surface area contributed by atoms with Gasteiger partial charge >= 0.3 is 0 Å². The number of rotatable bonds is 5. The molecular formula is C20H19N5O2S. The van der Waals surface area contributed by atoms with Crippen LogP contribution >= 0.6 is 11.3 Å². The van der Waals surface area contributed by atoms with Gasteiger partial charge in [-0.15, -0.1) is 0 Å². The number of hydrogen-bond acceptors (Lipinski definition) is 7. The Bertz CT molecular complexity index is 1070. The summed E-state index contributed by atoms with van der Waals surface area (Å²) in [6.07, 6.45) is 3.86. The van der Waals surface area contributed by atoms with Crippen molar-refractivity contribution in [3.63, 3.8) is 0 Å². The predicted octanol–water partition coefficient (Wildman–Crippen LogP) is 4.84. The Labute approximate surface area is 165 Å². The summed E-state index contributed by atoms with van der Waals surface area (Å²) in [5, 5.41) is 11.6. The molecule has 1 saturated heterocycles. The van der Waals surface area contributed by atoms with Gasteiger partial charge in [-0.25, -0.2) is 9.97 Å². The molecule has 3 aromatic heterocycles. The zero-order valence-electron chi connectivity index (χ0n) is 15.1. The molecule has 0 radical (unpaired) electrons. The summed E-state index contributed by atoms with van der Waals surface area (Å²) < 4.78 is 11.3. The highest BCUT2D eigenvalue weighted by molar-refractivity contribution is 7.21. The van der Waals surface area contributed by atoms with Gasteiger partial charge in [0.25, 0.3) is 0 Å². The van der Waals surface area contributed by atoms with Crippen molar-refractivity contribution in [3.05, 3.63) is 54.4 Å². The van der Waals surface area contributed by atoms with Crippen LogP contribution in [0.3, 0.4) is 0 Å². The number of H-pyrrole nitrogens is 1. The molecule has 0 atom stereocenters. The second kappa shape index (κ2) is 7.57. The number of benzene rings is 1. The Morgan fingerprint density at radius 2 is 1.93 bits per heavy atom. The molecule has 2 N–H and O–H groups in total. The Morgan fingerprint density at radius 1 is 1.07 bits per heavy atom. The maximum absolute atomic E-state index is 5.82. The molecule has 0 aliphatic carbocycles. The van der Waals surface area contributed by atoms with Gasteiger partial charge in [-0.3, -0.25) is 5.10 Å². The largest absolute Gasteiger partial charge is 0.439 e. The Kier molecular flexibility index (Phi) is 4.64. The van der Waals surface area contributed by atoms with Crippen molar-refractivity contribution in [2.24, 2.45) is 0 Å². The van der Waals surface area contributed by atoms with Crippen LogP contribution in [0.1, 0.15) is 24.5 Å². The topological polar surface area (TPSA) is 85.0 Å². The van der Waals surface area contributed by atoms with E-state index in [1.54, 1.807) is 0 Å². The number of fused-ring (bicyclic) bond motifs is 1. The lowest BCUT2D eigenvalue weighted by molar-refractivity contribution is 0.0846. The molecule has 4 aromatic rings.